The van der Waals surface area contributed by atoms with Gasteiger partial charge in [-0.1, -0.05) is 12.1 Å². The molecule has 1 amide bonds. The van der Waals surface area contributed by atoms with Gasteiger partial charge in [0.1, 0.15) is 16.7 Å². The maximum atomic E-state index is 12.8. The molecule has 9 heteroatoms. The minimum absolute atomic E-state index is 0.0514. The minimum atomic E-state index is -4.46. The number of nitrogens with zero attached hydrogens (tertiary/aromatic N) is 2. The Labute approximate surface area is 151 Å². The van der Waals surface area contributed by atoms with Crippen LogP contribution in [0.15, 0.2) is 29.6 Å². The van der Waals surface area contributed by atoms with Crippen LogP contribution in [0.25, 0.3) is 10.6 Å². The Morgan fingerprint density at radius 1 is 1.27 bits per heavy atom. The number of amides is 1. The van der Waals surface area contributed by atoms with E-state index in [0.717, 1.165) is 29.9 Å². The fourth-order valence-electron chi connectivity index (χ4n) is 2.91. The Balaban J connectivity index is 1.86. The number of halogens is 3. The third-order valence-electron chi connectivity index (χ3n) is 4.21. The van der Waals surface area contributed by atoms with Crippen LogP contribution in [-0.2, 0) is 11.0 Å². The van der Waals surface area contributed by atoms with E-state index in [4.69, 9.17) is 0 Å². The highest BCUT2D eigenvalue weighted by atomic mass is 32.1. The Morgan fingerprint density at radius 3 is 2.73 bits per heavy atom. The minimum Gasteiger partial charge on any atom is -0.480 e. The SMILES string of the molecule is O=C(O)C1CCCCN1C(=O)c1csc(-c2cccc(C(F)(F)F)c2)n1. The summed E-state index contributed by atoms with van der Waals surface area (Å²) in [5, 5.41) is 11.0. The molecule has 5 nitrogen and oxygen atoms in total. The first-order valence-corrected chi connectivity index (χ1v) is 8.82. The van der Waals surface area contributed by atoms with Crippen molar-refractivity contribution < 1.29 is 27.9 Å². The molecule has 1 unspecified atom stereocenters. The first kappa shape index (κ1) is 18.4. The fraction of sp³-hybridized carbons (Fsp3) is 0.353. The van der Waals surface area contributed by atoms with Crippen LogP contribution in [-0.4, -0.2) is 39.5 Å². The molecule has 0 spiro atoms. The van der Waals surface area contributed by atoms with Crippen LogP contribution < -0.4 is 0 Å². The van der Waals surface area contributed by atoms with Gasteiger partial charge in [-0.05, 0) is 31.4 Å². The number of hydrogen-bond donors (Lipinski definition) is 1. The van der Waals surface area contributed by atoms with Crippen LogP contribution in [0.4, 0.5) is 13.2 Å². The normalized spacial score (nSPS) is 18.0. The van der Waals surface area contributed by atoms with Gasteiger partial charge in [0.15, 0.2) is 0 Å². The van der Waals surface area contributed by atoms with Gasteiger partial charge in [0.05, 0.1) is 5.56 Å². The van der Waals surface area contributed by atoms with Gasteiger partial charge in [0.25, 0.3) is 5.91 Å². The molecule has 26 heavy (non-hydrogen) atoms. The number of aliphatic carboxylic acids is 1. The number of carboxylic acids is 1. The number of carboxylic acid groups (broad SMARTS) is 1. The van der Waals surface area contributed by atoms with Gasteiger partial charge in [-0.3, -0.25) is 4.79 Å². The summed E-state index contributed by atoms with van der Waals surface area (Å²) in [5.74, 6) is -1.57. The number of carbonyl (C=O) groups excluding carboxylic acids is 1. The summed E-state index contributed by atoms with van der Waals surface area (Å²) in [7, 11) is 0. The number of piperidine rings is 1. The largest absolute Gasteiger partial charge is 0.480 e. The van der Waals surface area contributed by atoms with Crippen LogP contribution in [0.2, 0.25) is 0 Å². The molecule has 0 saturated carbocycles. The molecular formula is C17H15F3N2O3S. The van der Waals surface area contributed by atoms with Gasteiger partial charge in [0.2, 0.25) is 0 Å². The first-order chi connectivity index (χ1) is 12.3. The van der Waals surface area contributed by atoms with E-state index in [1.807, 2.05) is 0 Å². The molecule has 1 aromatic carbocycles. The van der Waals surface area contributed by atoms with Crippen molar-refractivity contribution in [3.8, 4) is 10.6 Å². The maximum Gasteiger partial charge on any atom is 0.416 e. The predicted octanol–water partition coefficient (Wildman–Crippen LogP) is 3.91. The van der Waals surface area contributed by atoms with Gasteiger partial charge in [-0.25, -0.2) is 9.78 Å². The molecule has 3 rings (SSSR count). The lowest BCUT2D eigenvalue weighted by Gasteiger charge is -2.32. The molecule has 0 radical (unpaired) electrons. The van der Waals surface area contributed by atoms with Crippen molar-refractivity contribution in [3.63, 3.8) is 0 Å². The highest BCUT2D eigenvalue weighted by molar-refractivity contribution is 7.13. The molecular weight excluding hydrogens is 369 g/mol. The molecule has 1 aliphatic rings. The smallest absolute Gasteiger partial charge is 0.416 e. The highest BCUT2D eigenvalue weighted by Crippen LogP contribution is 2.33. The van der Waals surface area contributed by atoms with Gasteiger partial charge in [-0.2, -0.15) is 13.2 Å². The Morgan fingerprint density at radius 2 is 2.04 bits per heavy atom. The van der Waals surface area contributed by atoms with E-state index in [1.54, 1.807) is 0 Å². The summed E-state index contributed by atoms with van der Waals surface area (Å²) in [4.78, 5) is 29.4. The molecule has 2 aromatic rings. The van der Waals surface area contributed by atoms with Crippen molar-refractivity contribution in [3.05, 3.63) is 40.9 Å². The van der Waals surface area contributed by atoms with Crippen LogP contribution in [0, 0.1) is 0 Å². The summed E-state index contributed by atoms with van der Waals surface area (Å²) < 4.78 is 38.5. The second kappa shape index (κ2) is 7.06. The van der Waals surface area contributed by atoms with Crippen LogP contribution >= 0.6 is 11.3 Å². The summed E-state index contributed by atoms with van der Waals surface area (Å²) >= 11 is 1.05. The molecule has 0 aliphatic carbocycles. The lowest BCUT2D eigenvalue weighted by molar-refractivity contribution is -0.143. The topological polar surface area (TPSA) is 70.5 Å². The number of thiazole rings is 1. The van der Waals surface area contributed by atoms with E-state index in [0.29, 0.717) is 19.4 Å². The number of rotatable bonds is 3. The van der Waals surface area contributed by atoms with Crippen molar-refractivity contribution in [1.29, 1.82) is 0 Å². The first-order valence-electron chi connectivity index (χ1n) is 7.94. The van der Waals surface area contributed by atoms with E-state index in [2.05, 4.69) is 4.98 Å². The van der Waals surface area contributed by atoms with E-state index in [1.165, 1.54) is 22.4 Å². The number of benzene rings is 1. The quantitative estimate of drug-likeness (QED) is 0.871. The Kier molecular flexibility index (Phi) is 4.99. The van der Waals surface area contributed by atoms with Gasteiger partial charge in [0, 0.05) is 17.5 Å². The summed E-state index contributed by atoms with van der Waals surface area (Å²) in [6.07, 6.45) is -2.65. The zero-order valence-electron chi connectivity index (χ0n) is 13.5. The maximum absolute atomic E-state index is 12.8. The van der Waals surface area contributed by atoms with E-state index in [-0.39, 0.29) is 16.3 Å². The van der Waals surface area contributed by atoms with Crippen molar-refractivity contribution in [1.82, 2.24) is 9.88 Å². The molecule has 1 fully saturated rings. The zero-order chi connectivity index (χ0) is 18.9. The molecule has 138 valence electrons. The van der Waals surface area contributed by atoms with Crippen molar-refractivity contribution >= 4 is 23.2 Å². The van der Waals surface area contributed by atoms with Crippen LogP contribution in [0.3, 0.4) is 0 Å². The lowest BCUT2D eigenvalue weighted by Crippen LogP contribution is -2.48. The molecule has 1 N–H and O–H groups in total. The summed E-state index contributed by atoms with van der Waals surface area (Å²) in [6.45, 7) is 0.326. The summed E-state index contributed by atoms with van der Waals surface area (Å²) in [5.41, 5.74) is -0.479. The van der Waals surface area contributed by atoms with Gasteiger partial charge >= 0.3 is 12.1 Å². The number of aromatic nitrogens is 1. The van der Waals surface area contributed by atoms with E-state index < -0.39 is 29.7 Å². The average molecular weight is 384 g/mol. The number of carbonyl (C=O) groups is 2. The molecule has 0 bridgehead atoms. The molecule has 1 aromatic heterocycles. The van der Waals surface area contributed by atoms with Gasteiger partial charge in [-0.15, -0.1) is 11.3 Å². The average Bonchev–Trinajstić information content (AvgIpc) is 3.10. The van der Waals surface area contributed by atoms with Crippen molar-refractivity contribution in [2.75, 3.05) is 6.54 Å². The number of likely N-dealkylation sites (tertiary alicyclic amines) is 1. The van der Waals surface area contributed by atoms with Gasteiger partial charge < -0.3 is 10.0 Å². The van der Waals surface area contributed by atoms with E-state index >= 15 is 0 Å². The number of alkyl halides is 3. The standard InChI is InChI=1S/C17H15F3N2O3S/c18-17(19,20)11-5-3-4-10(8-11)14-21-12(9-26-14)15(23)22-7-2-1-6-13(22)16(24)25/h3-5,8-9,13H,1-2,6-7H2,(H,24,25). The monoisotopic (exact) mass is 384 g/mol. The van der Waals surface area contributed by atoms with Crippen LogP contribution in [0.5, 0.6) is 0 Å². The molecule has 1 saturated heterocycles. The van der Waals surface area contributed by atoms with Crippen molar-refractivity contribution in [2.24, 2.45) is 0 Å². The second-order valence-corrected chi connectivity index (χ2v) is 6.82. The highest BCUT2D eigenvalue weighted by Gasteiger charge is 2.34. The Hall–Kier alpha value is -2.42. The second-order valence-electron chi connectivity index (χ2n) is 5.96. The van der Waals surface area contributed by atoms with E-state index in [9.17, 15) is 27.9 Å². The fourth-order valence-corrected chi connectivity index (χ4v) is 3.70. The zero-order valence-corrected chi connectivity index (χ0v) is 14.3. The third kappa shape index (κ3) is 3.72. The molecule has 1 atom stereocenters. The van der Waals surface area contributed by atoms with Crippen LogP contribution in [0.1, 0.15) is 35.3 Å². The molecule has 2 heterocycles. The Bertz CT molecular complexity index is 835. The lowest BCUT2D eigenvalue weighted by atomic mass is 10.0. The number of hydrogen-bond acceptors (Lipinski definition) is 4. The predicted molar refractivity (Wildman–Crippen MR) is 88.9 cm³/mol. The third-order valence-corrected chi connectivity index (χ3v) is 5.10. The molecule has 1 aliphatic heterocycles. The van der Waals surface area contributed by atoms with Crippen molar-refractivity contribution in [2.45, 2.75) is 31.5 Å². The summed E-state index contributed by atoms with van der Waals surface area (Å²) in [6, 6.07) is 3.83.